The summed E-state index contributed by atoms with van der Waals surface area (Å²) < 4.78 is 7.16. The average molecular weight is 288 g/mol. The third-order valence-electron chi connectivity index (χ3n) is 2.44. The van der Waals surface area contributed by atoms with Crippen LogP contribution in [0.1, 0.15) is 10.5 Å². The number of aromatic nitrogens is 2. The van der Waals surface area contributed by atoms with Crippen molar-refractivity contribution in [2.75, 3.05) is 12.9 Å². The molecule has 1 rings (SSSR count). The van der Waals surface area contributed by atoms with Gasteiger partial charge >= 0.3 is 5.97 Å². The van der Waals surface area contributed by atoms with Crippen LogP contribution >= 0.6 is 11.8 Å². The molecule has 1 heterocycles. The minimum Gasteiger partial charge on any atom is -0.477 e. The molecule has 0 saturated heterocycles. The van der Waals surface area contributed by atoms with Crippen molar-refractivity contribution in [3.8, 4) is 0 Å². The van der Waals surface area contributed by atoms with Gasteiger partial charge in [-0.2, -0.15) is 0 Å². The number of aromatic carboxylic acids is 1. The number of carbonyl (C=O) groups is 1. The zero-order valence-corrected chi connectivity index (χ0v) is 13.1. The van der Waals surface area contributed by atoms with Crippen LogP contribution in [-0.2, 0) is 11.5 Å². The molecule has 0 aliphatic heterocycles. The lowest BCUT2D eigenvalue weighted by molar-refractivity contribution is 0.0603. The number of carboxylic acids is 1. The quantitative estimate of drug-likeness (QED) is 0.475. The maximum Gasteiger partial charge on any atom is 0.354 e. The van der Waals surface area contributed by atoms with Gasteiger partial charge in [-0.05, 0) is 12.3 Å². The Morgan fingerprint density at radius 1 is 1.56 bits per heavy atom. The fourth-order valence-electron chi connectivity index (χ4n) is 1.35. The van der Waals surface area contributed by atoms with Gasteiger partial charge in [-0.25, -0.2) is 9.78 Å². The van der Waals surface area contributed by atoms with Crippen molar-refractivity contribution in [1.29, 1.82) is 0 Å². The molecule has 0 amide bonds. The van der Waals surface area contributed by atoms with Crippen LogP contribution in [0.5, 0.6) is 0 Å². The molecule has 102 valence electrons. The fraction of sp³-hybridized carbons (Fsp3) is 0.636. The van der Waals surface area contributed by atoms with E-state index in [4.69, 9.17) is 9.84 Å². The van der Waals surface area contributed by atoms with Gasteiger partial charge in [0.05, 0.1) is 6.20 Å². The normalized spacial score (nSPS) is 11.8. The van der Waals surface area contributed by atoms with Crippen molar-refractivity contribution in [3.63, 3.8) is 0 Å². The SMILES string of the molecule is CSc1ncc(C(=O)O)n1COCC[Si](C)(C)C. The molecular formula is C11H20N2O3SSi. The van der Waals surface area contributed by atoms with Crippen LogP contribution in [0.2, 0.25) is 25.7 Å². The largest absolute Gasteiger partial charge is 0.477 e. The van der Waals surface area contributed by atoms with Crippen LogP contribution in [0, 0.1) is 0 Å². The van der Waals surface area contributed by atoms with E-state index in [9.17, 15) is 4.79 Å². The molecule has 0 aliphatic rings. The highest BCUT2D eigenvalue weighted by molar-refractivity contribution is 7.98. The van der Waals surface area contributed by atoms with Crippen molar-refractivity contribution < 1.29 is 14.6 Å². The van der Waals surface area contributed by atoms with Crippen LogP contribution < -0.4 is 0 Å². The standard InChI is InChI=1S/C11H20N2O3SSi/c1-17-11-12-7-9(10(14)15)13(11)8-16-5-6-18(2,3)4/h7H,5-6,8H2,1-4H3,(H,14,15). The number of carboxylic acid groups (broad SMARTS) is 1. The van der Waals surface area contributed by atoms with E-state index in [2.05, 4.69) is 24.6 Å². The molecule has 0 radical (unpaired) electrons. The van der Waals surface area contributed by atoms with E-state index in [-0.39, 0.29) is 12.4 Å². The Morgan fingerprint density at radius 3 is 2.72 bits per heavy atom. The zero-order chi connectivity index (χ0) is 13.8. The molecule has 7 heteroatoms. The molecule has 0 aromatic carbocycles. The third-order valence-corrected chi connectivity index (χ3v) is 4.83. The van der Waals surface area contributed by atoms with Crippen molar-refractivity contribution in [1.82, 2.24) is 9.55 Å². The summed E-state index contributed by atoms with van der Waals surface area (Å²) in [5.41, 5.74) is 0.173. The van der Waals surface area contributed by atoms with E-state index in [0.717, 1.165) is 6.04 Å². The summed E-state index contributed by atoms with van der Waals surface area (Å²) in [6.45, 7) is 7.76. The lowest BCUT2D eigenvalue weighted by Gasteiger charge is -2.16. The van der Waals surface area contributed by atoms with E-state index < -0.39 is 14.0 Å². The minimum atomic E-state index is -1.11. The molecule has 18 heavy (non-hydrogen) atoms. The molecule has 1 aromatic heterocycles. The van der Waals surface area contributed by atoms with Gasteiger partial charge in [0.2, 0.25) is 0 Å². The summed E-state index contributed by atoms with van der Waals surface area (Å²) in [6, 6.07) is 1.07. The third kappa shape index (κ3) is 4.47. The van der Waals surface area contributed by atoms with Crippen molar-refractivity contribution >= 4 is 25.8 Å². The molecule has 0 saturated carbocycles. The van der Waals surface area contributed by atoms with Gasteiger partial charge in [0.1, 0.15) is 12.4 Å². The molecule has 0 bridgehead atoms. The summed E-state index contributed by atoms with van der Waals surface area (Å²) in [6.07, 6.45) is 3.24. The topological polar surface area (TPSA) is 64.3 Å². The summed E-state index contributed by atoms with van der Waals surface area (Å²) in [5.74, 6) is -0.975. The summed E-state index contributed by atoms with van der Waals surface area (Å²) in [4.78, 5) is 15.1. The van der Waals surface area contributed by atoms with E-state index in [1.807, 2.05) is 6.26 Å². The minimum absolute atomic E-state index is 0.173. The van der Waals surface area contributed by atoms with Crippen LogP contribution in [-0.4, -0.2) is 41.6 Å². The number of nitrogens with zero attached hydrogens (tertiary/aromatic N) is 2. The fourth-order valence-corrected chi connectivity index (χ4v) is 2.64. The summed E-state index contributed by atoms with van der Waals surface area (Å²) in [5, 5.41) is 9.71. The molecule has 0 spiro atoms. The Bertz CT molecular complexity index is 415. The Kier molecular flexibility index (Phi) is 5.42. The molecule has 0 aliphatic carbocycles. The van der Waals surface area contributed by atoms with Crippen LogP contribution in [0.3, 0.4) is 0 Å². The lowest BCUT2D eigenvalue weighted by atomic mass is 10.5. The van der Waals surface area contributed by atoms with E-state index in [0.29, 0.717) is 11.8 Å². The molecular weight excluding hydrogens is 268 g/mol. The smallest absolute Gasteiger partial charge is 0.354 e. The molecule has 0 unspecified atom stereocenters. The Morgan fingerprint density at radius 2 is 2.22 bits per heavy atom. The first kappa shape index (κ1) is 15.3. The monoisotopic (exact) mass is 288 g/mol. The van der Waals surface area contributed by atoms with Gasteiger partial charge in [0, 0.05) is 14.7 Å². The van der Waals surface area contributed by atoms with Gasteiger partial charge in [0.15, 0.2) is 5.16 Å². The maximum atomic E-state index is 11.0. The van der Waals surface area contributed by atoms with Gasteiger partial charge < -0.3 is 9.84 Å². The Labute approximate surface area is 113 Å². The number of hydrogen-bond donors (Lipinski definition) is 1. The van der Waals surface area contributed by atoms with Crippen LogP contribution in [0.4, 0.5) is 0 Å². The summed E-state index contributed by atoms with van der Waals surface area (Å²) >= 11 is 1.41. The zero-order valence-electron chi connectivity index (χ0n) is 11.3. The maximum absolute atomic E-state index is 11.0. The Hall–Kier alpha value is -0.793. The first-order chi connectivity index (χ1) is 8.35. The second-order valence-corrected chi connectivity index (χ2v) is 11.6. The second kappa shape index (κ2) is 6.40. The van der Waals surface area contributed by atoms with Gasteiger partial charge in [0.25, 0.3) is 0 Å². The predicted octanol–water partition coefficient (Wildman–Crippen LogP) is 2.62. The molecule has 1 N–H and O–H groups in total. The van der Waals surface area contributed by atoms with Crippen molar-refractivity contribution in [2.45, 2.75) is 37.6 Å². The first-order valence-electron chi connectivity index (χ1n) is 5.75. The second-order valence-electron chi connectivity index (χ2n) is 5.21. The molecule has 0 fully saturated rings. The van der Waals surface area contributed by atoms with E-state index in [1.165, 1.54) is 18.0 Å². The summed E-state index contributed by atoms with van der Waals surface area (Å²) in [7, 11) is -1.11. The van der Waals surface area contributed by atoms with Crippen molar-refractivity contribution in [2.24, 2.45) is 0 Å². The van der Waals surface area contributed by atoms with Gasteiger partial charge in [-0.15, -0.1) is 0 Å². The first-order valence-corrected chi connectivity index (χ1v) is 10.7. The number of rotatable bonds is 7. The molecule has 0 atom stereocenters. The number of hydrogen-bond acceptors (Lipinski definition) is 4. The van der Waals surface area contributed by atoms with Gasteiger partial charge in [-0.3, -0.25) is 4.57 Å². The van der Waals surface area contributed by atoms with Gasteiger partial charge in [-0.1, -0.05) is 31.4 Å². The Balaban J connectivity index is 2.60. The number of ether oxygens (including phenoxy) is 1. The number of imidazole rings is 1. The number of thioether (sulfide) groups is 1. The van der Waals surface area contributed by atoms with E-state index >= 15 is 0 Å². The predicted molar refractivity (Wildman–Crippen MR) is 75.1 cm³/mol. The van der Waals surface area contributed by atoms with E-state index in [1.54, 1.807) is 4.57 Å². The molecule has 5 nitrogen and oxygen atoms in total. The van der Waals surface area contributed by atoms with Crippen LogP contribution in [0.15, 0.2) is 11.4 Å². The lowest BCUT2D eigenvalue weighted by Crippen LogP contribution is -2.22. The highest BCUT2D eigenvalue weighted by atomic mass is 32.2. The van der Waals surface area contributed by atoms with Crippen LogP contribution in [0.25, 0.3) is 0 Å². The molecule has 1 aromatic rings. The highest BCUT2D eigenvalue weighted by Crippen LogP contribution is 2.16. The highest BCUT2D eigenvalue weighted by Gasteiger charge is 2.16. The van der Waals surface area contributed by atoms with Crippen molar-refractivity contribution in [3.05, 3.63) is 11.9 Å². The average Bonchev–Trinajstić information content (AvgIpc) is 2.66.